The van der Waals surface area contributed by atoms with Crippen molar-refractivity contribution in [3.63, 3.8) is 0 Å². The van der Waals surface area contributed by atoms with Crippen LogP contribution in [0, 0.1) is 5.82 Å². The number of nitrogens with zero attached hydrogens (tertiary/aromatic N) is 1. The molecule has 0 amide bonds. The summed E-state index contributed by atoms with van der Waals surface area (Å²) in [5, 5.41) is 3.33. The van der Waals surface area contributed by atoms with Crippen molar-refractivity contribution in [2.24, 2.45) is 0 Å². The quantitative estimate of drug-likeness (QED) is 0.900. The zero-order valence-electron chi connectivity index (χ0n) is 9.75. The summed E-state index contributed by atoms with van der Waals surface area (Å²) in [6.07, 6.45) is 0. The van der Waals surface area contributed by atoms with Gasteiger partial charge in [-0.1, -0.05) is 6.07 Å². The molecule has 2 nitrogen and oxygen atoms in total. The van der Waals surface area contributed by atoms with Crippen LogP contribution < -0.4 is 5.32 Å². The molecule has 17 heavy (non-hydrogen) atoms. The Balaban J connectivity index is 0.00000144. The summed E-state index contributed by atoms with van der Waals surface area (Å²) in [6.45, 7) is 6.34. The van der Waals surface area contributed by atoms with Gasteiger partial charge in [0.05, 0.1) is 4.47 Å². The molecule has 0 radical (unpaired) electrons. The first-order valence-corrected chi connectivity index (χ1v) is 6.37. The van der Waals surface area contributed by atoms with Gasteiger partial charge in [-0.3, -0.25) is 4.90 Å². The Kier molecular flexibility index (Phi) is 5.86. The van der Waals surface area contributed by atoms with Crippen molar-refractivity contribution in [1.29, 1.82) is 0 Å². The van der Waals surface area contributed by atoms with E-state index in [1.807, 2.05) is 12.1 Å². The normalized spacial score (nSPS) is 18.5. The van der Waals surface area contributed by atoms with E-state index in [9.17, 15) is 4.39 Å². The van der Waals surface area contributed by atoms with Crippen molar-refractivity contribution >= 4 is 28.3 Å². The number of hydrogen-bond acceptors (Lipinski definition) is 2. The molecule has 0 aliphatic carbocycles. The van der Waals surface area contributed by atoms with E-state index in [1.165, 1.54) is 6.07 Å². The zero-order chi connectivity index (χ0) is 11.5. The Hall–Kier alpha value is -0.160. The van der Waals surface area contributed by atoms with Crippen LogP contribution in [0.2, 0.25) is 0 Å². The summed E-state index contributed by atoms with van der Waals surface area (Å²) in [7, 11) is 0. The third-order valence-corrected chi connectivity index (χ3v) is 3.73. The second kappa shape index (κ2) is 6.69. The molecule has 1 aliphatic rings. The van der Waals surface area contributed by atoms with Gasteiger partial charge < -0.3 is 5.32 Å². The summed E-state index contributed by atoms with van der Waals surface area (Å²) in [5.41, 5.74) is 1.16. The van der Waals surface area contributed by atoms with E-state index < -0.39 is 0 Å². The lowest BCUT2D eigenvalue weighted by Crippen LogP contribution is -2.44. The van der Waals surface area contributed by atoms with E-state index in [0.29, 0.717) is 10.5 Å². The van der Waals surface area contributed by atoms with Crippen molar-refractivity contribution in [3.8, 4) is 0 Å². The van der Waals surface area contributed by atoms with Gasteiger partial charge in [-0.15, -0.1) is 12.4 Å². The van der Waals surface area contributed by atoms with Crippen LogP contribution in [0.4, 0.5) is 4.39 Å². The Morgan fingerprint density at radius 2 is 2.00 bits per heavy atom. The molecule has 0 spiro atoms. The minimum atomic E-state index is -0.198. The lowest BCUT2D eigenvalue weighted by Gasteiger charge is -2.33. The largest absolute Gasteiger partial charge is 0.314 e. The molecule has 5 heteroatoms. The third kappa shape index (κ3) is 3.65. The number of hydrogen-bond donors (Lipinski definition) is 1. The van der Waals surface area contributed by atoms with Gasteiger partial charge in [-0.25, -0.2) is 4.39 Å². The maximum absolute atomic E-state index is 13.1. The van der Waals surface area contributed by atoms with Crippen molar-refractivity contribution in [1.82, 2.24) is 10.2 Å². The summed E-state index contributed by atoms with van der Waals surface area (Å²) < 4.78 is 13.7. The van der Waals surface area contributed by atoms with Crippen LogP contribution in [0.1, 0.15) is 18.5 Å². The molecule has 1 saturated heterocycles. The Labute approximate surface area is 116 Å². The molecule has 1 heterocycles. The molecule has 0 aromatic heterocycles. The predicted molar refractivity (Wildman–Crippen MR) is 74.2 cm³/mol. The van der Waals surface area contributed by atoms with Crippen LogP contribution >= 0.6 is 28.3 Å². The molecule has 1 aromatic rings. The lowest BCUT2D eigenvalue weighted by molar-refractivity contribution is 0.185. The predicted octanol–water partition coefficient (Wildman–Crippen LogP) is 2.98. The van der Waals surface area contributed by atoms with Crippen molar-refractivity contribution in [3.05, 3.63) is 34.1 Å². The highest BCUT2D eigenvalue weighted by molar-refractivity contribution is 9.10. The van der Waals surface area contributed by atoms with Gasteiger partial charge in [0.2, 0.25) is 0 Å². The van der Waals surface area contributed by atoms with E-state index >= 15 is 0 Å². The van der Waals surface area contributed by atoms with E-state index in [4.69, 9.17) is 0 Å². The smallest absolute Gasteiger partial charge is 0.137 e. The second-order valence-corrected chi connectivity index (χ2v) is 4.99. The van der Waals surface area contributed by atoms with E-state index in [-0.39, 0.29) is 18.2 Å². The van der Waals surface area contributed by atoms with Crippen LogP contribution in [0.5, 0.6) is 0 Å². The van der Waals surface area contributed by atoms with E-state index in [0.717, 1.165) is 31.7 Å². The number of rotatable bonds is 2. The van der Waals surface area contributed by atoms with Crippen molar-refractivity contribution < 1.29 is 4.39 Å². The van der Waals surface area contributed by atoms with Crippen LogP contribution in [-0.4, -0.2) is 31.1 Å². The van der Waals surface area contributed by atoms with Crippen LogP contribution in [-0.2, 0) is 0 Å². The van der Waals surface area contributed by atoms with Gasteiger partial charge in [0.15, 0.2) is 0 Å². The van der Waals surface area contributed by atoms with Gasteiger partial charge in [-0.05, 0) is 40.5 Å². The molecule has 96 valence electrons. The van der Waals surface area contributed by atoms with Crippen LogP contribution in [0.25, 0.3) is 0 Å². The fraction of sp³-hybridized carbons (Fsp3) is 0.500. The molecule has 1 N–H and O–H groups in total. The standard InChI is InChI=1S/C12H16BrFN2.ClH/c1-9(16-6-4-15-5-7-16)10-2-3-12(14)11(13)8-10;/h2-3,8-9,15H,4-7H2,1H3;1H/t9-;/m0./s1. The highest BCUT2D eigenvalue weighted by Gasteiger charge is 2.18. The summed E-state index contributed by atoms with van der Waals surface area (Å²) in [6, 6.07) is 5.62. The van der Waals surface area contributed by atoms with Crippen LogP contribution in [0.15, 0.2) is 22.7 Å². The third-order valence-electron chi connectivity index (χ3n) is 3.13. The molecule has 0 unspecified atom stereocenters. The average molecular weight is 324 g/mol. The minimum absolute atomic E-state index is 0. The summed E-state index contributed by atoms with van der Waals surface area (Å²) in [4.78, 5) is 2.41. The molecule has 2 rings (SSSR count). The van der Waals surface area contributed by atoms with Crippen molar-refractivity contribution in [2.75, 3.05) is 26.2 Å². The Bertz CT molecular complexity index is 370. The molecule has 0 saturated carbocycles. The first-order valence-electron chi connectivity index (χ1n) is 5.58. The van der Waals surface area contributed by atoms with E-state index in [1.54, 1.807) is 0 Å². The summed E-state index contributed by atoms with van der Waals surface area (Å²) >= 11 is 3.23. The topological polar surface area (TPSA) is 15.3 Å². The number of halogens is 3. The fourth-order valence-corrected chi connectivity index (χ4v) is 2.45. The second-order valence-electron chi connectivity index (χ2n) is 4.14. The number of nitrogens with one attached hydrogen (secondary N) is 1. The van der Waals surface area contributed by atoms with Crippen molar-refractivity contribution in [2.45, 2.75) is 13.0 Å². The molecular weight excluding hydrogens is 307 g/mol. The summed E-state index contributed by atoms with van der Waals surface area (Å²) in [5.74, 6) is -0.198. The lowest BCUT2D eigenvalue weighted by atomic mass is 10.1. The molecule has 1 aromatic carbocycles. The SMILES string of the molecule is C[C@@H](c1ccc(F)c(Br)c1)N1CCNCC1.Cl. The molecule has 1 fully saturated rings. The Morgan fingerprint density at radius 1 is 1.35 bits per heavy atom. The van der Waals surface area contributed by atoms with Gasteiger partial charge >= 0.3 is 0 Å². The molecule has 1 aliphatic heterocycles. The molecular formula is C12H17BrClFN2. The highest BCUT2D eigenvalue weighted by Crippen LogP contribution is 2.25. The van der Waals surface area contributed by atoms with Gasteiger partial charge in [0, 0.05) is 32.2 Å². The van der Waals surface area contributed by atoms with E-state index in [2.05, 4.69) is 33.1 Å². The van der Waals surface area contributed by atoms with Gasteiger partial charge in [0.1, 0.15) is 5.82 Å². The monoisotopic (exact) mass is 322 g/mol. The van der Waals surface area contributed by atoms with Crippen LogP contribution in [0.3, 0.4) is 0 Å². The first kappa shape index (κ1) is 14.9. The average Bonchev–Trinajstić information content (AvgIpc) is 2.33. The first-order chi connectivity index (χ1) is 7.68. The zero-order valence-corrected chi connectivity index (χ0v) is 12.2. The highest BCUT2D eigenvalue weighted by atomic mass is 79.9. The van der Waals surface area contributed by atoms with Gasteiger partial charge in [0.25, 0.3) is 0 Å². The number of benzene rings is 1. The molecule has 1 atom stereocenters. The van der Waals surface area contributed by atoms with Gasteiger partial charge in [-0.2, -0.15) is 0 Å². The maximum Gasteiger partial charge on any atom is 0.137 e. The fourth-order valence-electron chi connectivity index (χ4n) is 2.05. The minimum Gasteiger partial charge on any atom is -0.314 e. The Morgan fingerprint density at radius 3 is 2.59 bits per heavy atom. The maximum atomic E-state index is 13.1. The number of piperazine rings is 1. The molecule has 0 bridgehead atoms.